The zero-order valence-electron chi connectivity index (χ0n) is 9.08. The average Bonchev–Trinajstić information content (AvgIpc) is 2.89. The molecule has 0 unspecified atom stereocenters. The van der Waals surface area contributed by atoms with Crippen LogP contribution in [0.15, 0.2) is 53.3 Å². The normalized spacial score (nSPS) is 11.3. The second-order valence-electron chi connectivity index (χ2n) is 3.67. The van der Waals surface area contributed by atoms with Crippen LogP contribution in [0.1, 0.15) is 11.3 Å². The van der Waals surface area contributed by atoms with Gasteiger partial charge in [-0.15, -0.1) is 0 Å². The van der Waals surface area contributed by atoms with Gasteiger partial charge in [0.15, 0.2) is 0 Å². The van der Waals surface area contributed by atoms with Gasteiger partial charge in [0.2, 0.25) is 0 Å². The van der Waals surface area contributed by atoms with Crippen molar-refractivity contribution in [2.45, 2.75) is 0 Å². The van der Waals surface area contributed by atoms with Crippen LogP contribution in [0.5, 0.6) is 0 Å². The van der Waals surface area contributed by atoms with Crippen molar-refractivity contribution >= 4 is 23.1 Å². The Kier molecular flexibility index (Phi) is 2.43. The predicted molar refractivity (Wildman–Crippen MR) is 67.2 cm³/mol. The molecule has 3 rings (SSSR count). The summed E-state index contributed by atoms with van der Waals surface area (Å²) in [6.45, 7) is 0. The maximum absolute atomic E-state index is 5.24. The first-order valence-corrected chi connectivity index (χ1v) is 5.35. The summed E-state index contributed by atoms with van der Waals surface area (Å²) < 4.78 is 5.24. The van der Waals surface area contributed by atoms with Crippen molar-refractivity contribution in [3.05, 3.63) is 60.2 Å². The zero-order chi connectivity index (χ0) is 11.5. The van der Waals surface area contributed by atoms with Crippen LogP contribution >= 0.6 is 0 Å². The van der Waals surface area contributed by atoms with E-state index in [1.54, 1.807) is 12.5 Å². The molecular formula is C14H10N2O. The average molecular weight is 222 g/mol. The third kappa shape index (κ3) is 1.95. The van der Waals surface area contributed by atoms with Gasteiger partial charge in [0.25, 0.3) is 0 Å². The first-order chi connectivity index (χ1) is 8.43. The van der Waals surface area contributed by atoms with Gasteiger partial charge in [-0.2, -0.15) is 10.2 Å². The molecule has 82 valence electrons. The van der Waals surface area contributed by atoms with E-state index in [4.69, 9.17) is 4.42 Å². The molecule has 0 aliphatic heterocycles. The van der Waals surface area contributed by atoms with Crippen molar-refractivity contribution in [1.29, 1.82) is 0 Å². The molecule has 2 aromatic heterocycles. The number of hydrogen-bond donors (Lipinski definition) is 0. The molecule has 2 heterocycles. The molecule has 3 heteroatoms. The maximum atomic E-state index is 5.24. The highest BCUT2D eigenvalue weighted by molar-refractivity contribution is 5.89. The van der Waals surface area contributed by atoms with E-state index in [0.717, 1.165) is 22.2 Å². The summed E-state index contributed by atoms with van der Waals surface area (Å²) in [6.07, 6.45) is 7.31. The SMILES string of the molecule is C(=Cc1cnnc2ccccc12)c1ccco1. The molecule has 0 spiro atoms. The molecule has 1 aromatic carbocycles. The minimum atomic E-state index is 0.825. The molecule has 0 aliphatic carbocycles. The number of benzene rings is 1. The summed E-state index contributed by atoms with van der Waals surface area (Å²) in [7, 11) is 0. The topological polar surface area (TPSA) is 38.9 Å². The van der Waals surface area contributed by atoms with Crippen LogP contribution in [0.2, 0.25) is 0 Å². The Balaban J connectivity index is 2.06. The lowest BCUT2D eigenvalue weighted by Crippen LogP contribution is -1.85. The lowest BCUT2D eigenvalue weighted by atomic mass is 10.1. The monoisotopic (exact) mass is 222 g/mol. The van der Waals surface area contributed by atoms with Crippen molar-refractivity contribution in [1.82, 2.24) is 10.2 Å². The lowest BCUT2D eigenvalue weighted by Gasteiger charge is -1.98. The van der Waals surface area contributed by atoms with Gasteiger partial charge in [-0.05, 0) is 30.4 Å². The molecule has 0 saturated carbocycles. The minimum absolute atomic E-state index is 0.825. The molecule has 0 amide bonds. The molecule has 0 saturated heterocycles. The van der Waals surface area contributed by atoms with E-state index < -0.39 is 0 Å². The Labute approximate surface area is 98.4 Å². The van der Waals surface area contributed by atoms with Crippen LogP contribution in [-0.4, -0.2) is 10.2 Å². The van der Waals surface area contributed by atoms with Crippen molar-refractivity contribution < 1.29 is 4.42 Å². The molecule has 0 radical (unpaired) electrons. The van der Waals surface area contributed by atoms with Gasteiger partial charge in [0.05, 0.1) is 18.0 Å². The predicted octanol–water partition coefficient (Wildman–Crippen LogP) is 3.39. The third-order valence-electron chi connectivity index (χ3n) is 2.55. The second kappa shape index (κ2) is 4.22. The van der Waals surface area contributed by atoms with Crippen molar-refractivity contribution in [2.24, 2.45) is 0 Å². The van der Waals surface area contributed by atoms with Crippen LogP contribution in [0, 0.1) is 0 Å². The number of hydrogen-bond acceptors (Lipinski definition) is 3. The van der Waals surface area contributed by atoms with Gasteiger partial charge in [0.1, 0.15) is 5.76 Å². The fraction of sp³-hybridized carbons (Fsp3) is 0. The molecule has 0 fully saturated rings. The first kappa shape index (κ1) is 9.78. The smallest absolute Gasteiger partial charge is 0.126 e. The zero-order valence-corrected chi connectivity index (χ0v) is 9.08. The number of aromatic nitrogens is 2. The van der Waals surface area contributed by atoms with Crippen molar-refractivity contribution in [3.8, 4) is 0 Å². The number of fused-ring (bicyclic) bond motifs is 1. The van der Waals surface area contributed by atoms with Crippen LogP contribution in [0.25, 0.3) is 23.1 Å². The Hall–Kier alpha value is -2.42. The quantitative estimate of drug-likeness (QED) is 0.667. The van der Waals surface area contributed by atoms with E-state index in [2.05, 4.69) is 10.2 Å². The number of furan rings is 1. The van der Waals surface area contributed by atoms with Gasteiger partial charge in [-0.3, -0.25) is 0 Å². The fourth-order valence-corrected chi connectivity index (χ4v) is 1.72. The van der Waals surface area contributed by atoms with Gasteiger partial charge in [-0.1, -0.05) is 18.2 Å². The maximum Gasteiger partial charge on any atom is 0.126 e. The van der Waals surface area contributed by atoms with E-state index in [0.29, 0.717) is 0 Å². The molecule has 3 aromatic rings. The third-order valence-corrected chi connectivity index (χ3v) is 2.55. The van der Waals surface area contributed by atoms with Crippen LogP contribution in [0.4, 0.5) is 0 Å². The Bertz CT molecular complexity index is 652. The van der Waals surface area contributed by atoms with E-state index in [1.165, 1.54) is 0 Å². The highest BCUT2D eigenvalue weighted by Gasteiger charge is 1.98. The summed E-state index contributed by atoms with van der Waals surface area (Å²) in [6, 6.07) is 11.7. The highest BCUT2D eigenvalue weighted by Crippen LogP contribution is 2.17. The summed E-state index contributed by atoms with van der Waals surface area (Å²) >= 11 is 0. The Morgan fingerprint density at radius 1 is 1.00 bits per heavy atom. The standard InChI is InChI=1S/C14H10N2O/c1-2-6-14-13(5-1)11(10-15-16-14)7-8-12-4-3-9-17-12/h1-10H. The molecule has 0 N–H and O–H groups in total. The van der Waals surface area contributed by atoms with Crippen LogP contribution in [-0.2, 0) is 0 Å². The number of rotatable bonds is 2. The van der Waals surface area contributed by atoms with E-state index >= 15 is 0 Å². The van der Waals surface area contributed by atoms with E-state index in [-0.39, 0.29) is 0 Å². The first-order valence-electron chi connectivity index (χ1n) is 5.35. The van der Waals surface area contributed by atoms with Gasteiger partial charge in [0, 0.05) is 10.9 Å². The summed E-state index contributed by atoms with van der Waals surface area (Å²) in [5.41, 5.74) is 1.93. The van der Waals surface area contributed by atoms with E-state index in [1.807, 2.05) is 48.6 Å². The van der Waals surface area contributed by atoms with Crippen molar-refractivity contribution in [3.63, 3.8) is 0 Å². The van der Waals surface area contributed by atoms with Gasteiger partial charge < -0.3 is 4.42 Å². The minimum Gasteiger partial charge on any atom is -0.465 e. The van der Waals surface area contributed by atoms with Crippen LogP contribution < -0.4 is 0 Å². The summed E-state index contributed by atoms with van der Waals surface area (Å²) in [5, 5.41) is 9.15. The molecule has 0 aliphatic rings. The highest BCUT2D eigenvalue weighted by atomic mass is 16.3. The van der Waals surface area contributed by atoms with Gasteiger partial charge in [-0.25, -0.2) is 0 Å². The van der Waals surface area contributed by atoms with Crippen LogP contribution in [0.3, 0.4) is 0 Å². The largest absolute Gasteiger partial charge is 0.465 e. The lowest BCUT2D eigenvalue weighted by molar-refractivity contribution is 0.557. The molecular weight excluding hydrogens is 212 g/mol. The molecule has 17 heavy (non-hydrogen) atoms. The Morgan fingerprint density at radius 3 is 2.82 bits per heavy atom. The van der Waals surface area contributed by atoms with E-state index in [9.17, 15) is 0 Å². The molecule has 0 atom stereocenters. The number of nitrogens with zero attached hydrogens (tertiary/aromatic N) is 2. The molecule has 0 bridgehead atoms. The van der Waals surface area contributed by atoms with Gasteiger partial charge >= 0.3 is 0 Å². The van der Waals surface area contributed by atoms with Crippen molar-refractivity contribution in [2.75, 3.05) is 0 Å². The fourth-order valence-electron chi connectivity index (χ4n) is 1.72. The molecule has 3 nitrogen and oxygen atoms in total. The summed E-state index contributed by atoms with van der Waals surface area (Å²) in [5.74, 6) is 0.825. The second-order valence-corrected chi connectivity index (χ2v) is 3.67. The summed E-state index contributed by atoms with van der Waals surface area (Å²) in [4.78, 5) is 0. The Morgan fingerprint density at radius 2 is 1.94 bits per heavy atom.